The van der Waals surface area contributed by atoms with Crippen LogP contribution in [0.5, 0.6) is 0 Å². The average Bonchev–Trinajstić information content (AvgIpc) is 2.96. The number of amides is 1. The van der Waals surface area contributed by atoms with Gasteiger partial charge in [-0.1, -0.05) is 41.9 Å². The van der Waals surface area contributed by atoms with Crippen LogP contribution in [0.2, 0.25) is 5.02 Å². The van der Waals surface area contributed by atoms with Gasteiger partial charge in [-0.15, -0.1) is 0 Å². The fraction of sp³-hybridized carbons (Fsp3) is 0.300. The summed E-state index contributed by atoms with van der Waals surface area (Å²) in [5.74, 6) is -1.20. The Labute approximate surface area is 157 Å². The Morgan fingerprint density at radius 2 is 1.85 bits per heavy atom. The van der Waals surface area contributed by atoms with Crippen LogP contribution in [0.4, 0.5) is 5.69 Å². The second-order valence-electron chi connectivity index (χ2n) is 6.89. The van der Waals surface area contributed by atoms with Gasteiger partial charge in [0.1, 0.15) is 5.92 Å². The zero-order valence-electron chi connectivity index (χ0n) is 14.4. The molecule has 2 aliphatic heterocycles. The van der Waals surface area contributed by atoms with Gasteiger partial charge < -0.3 is 0 Å². The highest BCUT2D eigenvalue weighted by molar-refractivity contribution is 6.30. The third-order valence-electron chi connectivity index (χ3n) is 5.16. The number of hydrogen-bond donors (Lipinski definition) is 2. The van der Waals surface area contributed by atoms with E-state index in [4.69, 9.17) is 11.6 Å². The number of halogens is 1. The normalized spacial score (nSPS) is 28.3. The summed E-state index contributed by atoms with van der Waals surface area (Å²) in [4.78, 5) is 26.0. The lowest BCUT2D eigenvalue weighted by atomic mass is 9.79. The van der Waals surface area contributed by atoms with Gasteiger partial charge in [-0.2, -0.15) is 0 Å². The van der Waals surface area contributed by atoms with Crippen molar-refractivity contribution in [2.45, 2.75) is 25.6 Å². The van der Waals surface area contributed by atoms with E-state index in [1.54, 1.807) is 0 Å². The van der Waals surface area contributed by atoms with Gasteiger partial charge in [-0.3, -0.25) is 14.9 Å². The highest BCUT2D eigenvalue weighted by Gasteiger charge is 2.52. The molecule has 1 amide bonds. The number of carbonyl (C=O) groups is 2. The Hall–Kier alpha value is -2.21. The summed E-state index contributed by atoms with van der Waals surface area (Å²) in [5, 5.41) is 5.53. The minimum atomic E-state index is -0.712. The molecule has 2 aromatic carbocycles. The predicted octanol–water partition coefficient (Wildman–Crippen LogP) is 2.55. The number of hydrogen-bond acceptors (Lipinski definition) is 4. The van der Waals surface area contributed by atoms with Crippen molar-refractivity contribution in [2.75, 3.05) is 5.01 Å². The molecule has 2 aromatic rings. The molecule has 2 heterocycles. The Morgan fingerprint density at radius 1 is 1.08 bits per heavy atom. The van der Waals surface area contributed by atoms with Crippen molar-refractivity contribution in [1.29, 1.82) is 0 Å². The lowest BCUT2D eigenvalue weighted by molar-refractivity contribution is -0.136. The minimum absolute atomic E-state index is 0.0165. The number of hydrazine groups is 1. The monoisotopic (exact) mass is 369 g/mol. The molecule has 2 aliphatic rings. The molecule has 0 radical (unpaired) electrons. The predicted molar refractivity (Wildman–Crippen MR) is 101 cm³/mol. The van der Waals surface area contributed by atoms with Crippen molar-refractivity contribution in [3.05, 3.63) is 65.2 Å². The number of carbonyl (C=O) groups excluding carboxylic acids is 2. The molecular weight excluding hydrogens is 350 g/mol. The van der Waals surface area contributed by atoms with Gasteiger partial charge in [0.15, 0.2) is 5.78 Å². The molecule has 4 atom stereocenters. The number of fused-ring (bicyclic) bond motifs is 1. The molecular formula is C20H20ClN3O2. The molecule has 26 heavy (non-hydrogen) atoms. The fourth-order valence-electron chi connectivity index (χ4n) is 3.83. The van der Waals surface area contributed by atoms with Gasteiger partial charge in [-0.25, -0.2) is 10.4 Å². The van der Waals surface area contributed by atoms with E-state index in [1.807, 2.05) is 61.5 Å². The maximum absolute atomic E-state index is 13.1. The molecule has 4 rings (SSSR count). The number of anilines is 1. The smallest absolute Gasteiger partial charge is 0.255 e. The van der Waals surface area contributed by atoms with Crippen LogP contribution < -0.4 is 15.8 Å². The van der Waals surface area contributed by atoms with Crippen LogP contribution in [0, 0.1) is 11.8 Å². The summed E-state index contributed by atoms with van der Waals surface area (Å²) < 4.78 is 0. The minimum Gasteiger partial charge on any atom is -0.298 e. The number of para-hydroxylation sites is 1. The number of piperidine rings is 1. The molecule has 0 spiro atoms. The average molecular weight is 370 g/mol. The first-order valence-electron chi connectivity index (χ1n) is 8.74. The first-order chi connectivity index (χ1) is 12.5. The number of Topliss-reactive ketones (excluding diaryl/α,β-unsaturated/α-hetero) is 1. The lowest BCUT2D eigenvalue weighted by Crippen LogP contribution is -2.59. The summed E-state index contributed by atoms with van der Waals surface area (Å²) in [6, 6.07) is 16.8. The molecule has 4 unspecified atom stereocenters. The summed E-state index contributed by atoms with van der Waals surface area (Å²) in [5.41, 5.74) is 4.88. The maximum Gasteiger partial charge on any atom is 0.255 e. The Morgan fingerprint density at radius 3 is 2.58 bits per heavy atom. The topological polar surface area (TPSA) is 61.4 Å². The number of benzene rings is 2. The summed E-state index contributed by atoms with van der Waals surface area (Å²) in [6.07, 6.45) is 0.191. The van der Waals surface area contributed by atoms with Crippen molar-refractivity contribution < 1.29 is 9.59 Å². The van der Waals surface area contributed by atoms with Crippen molar-refractivity contribution in [3.63, 3.8) is 0 Å². The zero-order chi connectivity index (χ0) is 18.3. The Kier molecular flexibility index (Phi) is 4.53. The first kappa shape index (κ1) is 17.2. The van der Waals surface area contributed by atoms with E-state index in [0.717, 1.165) is 11.3 Å². The number of nitrogens with zero attached hydrogens (tertiary/aromatic N) is 1. The third-order valence-corrected chi connectivity index (χ3v) is 5.40. The molecule has 0 saturated carbocycles. The van der Waals surface area contributed by atoms with E-state index in [-0.39, 0.29) is 29.8 Å². The molecule has 0 bridgehead atoms. The van der Waals surface area contributed by atoms with Gasteiger partial charge in [-0.05, 0) is 43.2 Å². The number of ketones is 1. The van der Waals surface area contributed by atoms with Crippen LogP contribution in [-0.4, -0.2) is 23.9 Å². The Bertz CT molecular complexity index is 842. The first-order valence-corrected chi connectivity index (χ1v) is 9.12. The van der Waals surface area contributed by atoms with E-state index in [2.05, 4.69) is 10.7 Å². The van der Waals surface area contributed by atoms with Gasteiger partial charge in [0.2, 0.25) is 0 Å². The lowest BCUT2D eigenvalue weighted by Gasteiger charge is -2.35. The fourth-order valence-corrected chi connectivity index (χ4v) is 4.04. The van der Waals surface area contributed by atoms with E-state index in [0.29, 0.717) is 11.4 Å². The van der Waals surface area contributed by atoms with Crippen molar-refractivity contribution in [2.24, 2.45) is 11.8 Å². The van der Waals surface area contributed by atoms with Gasteiger partial charge in [0.05, 0.1) is 11.9 Å². The molecule has 6 heteroatoms. The number of rotatable bonds is 3. The van der Waals surface area contributed by atoms with E-state index in [1.165, 1.54) is 5.01 Å². The third kappa shape index (κ3) is 3.03. The standard InChI is InChI=1S/C20H20ClN3O2/c1-12-16(11-13-6-5-7-14(21)10-13)18(25)17-19(22-12)23-24(20(17)26)15-8-3-2-4-9-15/h2-10,12,16-17,19,22-23H,11H2,1H3. The van der Waals surface area contributed by atoms with Crippen LogP contribution >= 0.6 is 11.6 Å². The highest BCUT2D eigenvalue weighted by Crippen LogP contribution is 2.31. The SMILES string of the molecule is CC1NC2NN(c3ccccc3)C(=O)C2C(=O)C1Cc1cccc(Cl)c1. The van der Waals surface area contributed by atoms with Crippen LogP contribution in [0.15, 0.2) is 54.6 Å². The summed E-state index contributed by atoms with van der Waals surface area (Å²) in [7, 11) is 0. The van der Waals surface area contributed by atoms with E-state index >= 15 is 0 Å². The maximum atomic E-state index is 13.1. The highest BCUT2D eigenvalue weighted by atomic mass is 35.5. The molecule has 0 aromatic heterocycles. The van der Waals surface area contributed by atoms with Crippen molar-refractivity contribution in [3.8, 4) is 0 Å². The second-order valence-corrected chi connectivity index (χ2v) is 7.33. The van der Waals surface area contributed by atoms with E-state index < -0.39 is 5.92 Å². The molecule has 2 N–H and O–H groups in total. The molecule has 2 fully saturated rings. The van der Waals surface area contributed by atoms with Crippen molar-refractivity contribution >= 4 is 29.0 Å². The van der Waals surface area contributed by atoms with Crippen LogP contribution in [0.3, 0.4) is 0 Å². The quantitative estimate of drug-likeness (QED) is 0.816. The largest absolute Gasteiger partial charge is 0.298 e. The summed E-state index contributed by atoms with van der Waals surface area (Å²) >= 11 is 6.06. The molecule has 2 saturated heterocycles. The molecule has 134 valence electrons. The van der Waals surface area contributed by atoms with Crippen LogP contribution in [0.25, 0.3) is 0 Å². The summed E-state index contributed by atoms with van der Waals surface area (Å²) in [6.45, 7) is 1.99. The zero-order valence-corrected chi connectivity index (χ0v) is 15.1. The van der Waals surface area contributed by atoms with Crippen LogP contribution in [-0.2, 0) is 16.0 Å². The Balaban J connectivity index is 1.57. The van der Waals surface area contributed by atoms with Gasteiger partial charge in [0.25, 0.3) is 5.91 Å². The van der Waals surface area contributed by atoms with Gasteiger partial charge >= 0.3 is 0 Å². The molecule has 5 nitrogen and oxygen atoms in total. The second kappa shape index (κ2) is 6.83. The number of nitrogens with one attached hydrogen (secondary N) is 2. The molecule has 0 aliphatic carbocycles. The van der Waals surface area contributed by atoms with Crippen molar-refractivity contribution in [1.82, 2.24) is 10.7 Å². The van der Waals surface area contributed by atoms with Crippen LogP contribution in [0.1, 0.15) is 12.5 Å². The van der Waals surface area contributed by atoms with E-state index in [9.17, 15) is 9.59 Å². The van der Waals surface area contributed by atoms with Gasteiger partial charge in [0, 0.05) is 17.0 Å².